The summed E-state index contributed by atoms with van der Waals surface area (Å²) in [6.45, 7) is 2.15. The lowest BCUT2D eigenvalue weighted by Gasteiger charge is -2.38. The van der Waals surface area contributed by atoms with E-state index in [1.807, 2.05) is 24.3 Å². The zero-order valence-corrected chi connectivity index (χ0v) is 18.9. The molecule has 168 valence electrons. The number of esters is 1. The maximum Gasteiger partial charge on any atom is 0.408 e. The van der Waals surface area contributed by atoms with Crippen LogP contribution in [-0.4, -0.2) is 45.5 Å². The van der Waals surface area contributed by atoms with E-state index in [9.17, 15) is 13.8 Å². The fraction of sp³-hybridized carbons (Fsp3) is 0.440. The molecule has 2 unspecified atom stereocenters. The van der Waals surface area contributed by atoms with Gasteiger partial charge in [0.05, 0.1) is 6.61 Å². The Bertz CT molecular complexity index is 1020. The molecule has 0 radical (unpaired) electrons. The van der Waals surface area contributed by atoms with Crippen LogP contribution in [0.3, 0.4) is 0 Å². The lowest BCUT2D eigenvalue weighted by molar-refractivity contribution is -0.151. The largest absolute Gasteiger partial charge is 0.464 e. The van der Waals surface area contributed by atoms with Crippen molar-refractivity contribution in [1.82, 2.24) is 5.32 Å². The molecular formula is C25H27NO5S. The molecule has 0 aromatic heterocycles. The average Bonchev–Trinajstić information content (AvgIpc) is 3.21. The highest BCUT2D eigenvalue weighted by Crippen LogP contribution is 2.45. The first-order chi connectivity index (χ1) is 15.5. The summed E-state index contributed by atoms with van der Waals surface area (Å²) in [6, 6.07) is 16.3. The fourth-order valence-electron chi connectivity index (χ4n) is 5.52. The maximum absolute atomic E-state index is 12.9. The summed E-state index contributed by atoms with van der Waals surface area (Å²) >= 11 is 0. The van der Waals surface area contributed by atoms with Crippen molar-refractivity contribution in [3.63, 3.8) is 0 Å². The second-order valence-corrected chi connectivity index (χ2v) is 10.8. The molecular weight excluding hydrogens is 426 g/mol. The van der Waals surface area contributed by atoms with Crippen LogP contribution in [0.5, 0.6) is 0 Å². The third-order valence-corrected chi connectivity index (χ3v) is 9.09. The van der Waals surface area contributed by atoms with Crippen molar-refractivity contribution < 1.29 is 23.3 Å². The summed E-state index contributed by atoms with van der Waals surface area (Å²) in [5.41, 5.74) is 3.41. The van der Waals surface area contributed by atoms with E-state index in [2.05, 4.69) is 29.6 Å². The van der Waals surface area contributed by atoms with Crippen LogP contribution < -0.4 is 5.32 Å². The van der Waals surface area contributed by atoms with Gasteiger partial charge < -0.3 is 14.8 Å². The lowest BCUT2D eigenvalue weighted by Crippen LogP contribution is -2.60. The molecule has 0 saturated carbocycles. The average molecular weight is 454 g/mol. The molecule has 6 nitrogen and oxygen atoms in total. The van der Waals surface area contributed by atoms with E-state index in [1.54, 1.807) is 6.92 Å². The van der Waals surface area contributed by atoms with Gasteiger partial charge in [-0.05, 0) is 54.9 Å². The van der Waals surface area contributed by atoms with Crippen LogP contribution in [0.15, 0.2) is 48.5 Å². The van der Waals surface area contributed by atoms with Gasteiger partial charge in [-0.2, -0.15) is 0 Å². The highest BCUT2D eigenvalue weighted by molar-refractivity contribution is 7.86. The first-order valence-electron chi connectivity index (χ1n) is 11.2. The molecule has 1 aliphatic carbocycles. The van der Waals surface area contributed by atoms with Gasteiger partial charge in [0.15, 0.2) is 0 Å². The molecule has 32 heavy (non-hydrogen) atoms. The minimum atomic E-state index is -1.17. The SMILES string of the molecule is CCOC(=O)C1(NC(=O)OCC2c3ccccc3-c3ccccc32)CC2CCC(C1)S2=O. The molecule has 3 aliphatic rings. The number of amides is 1. The Morgan fingerprint density at radius 1 is 0.969 bits per heavy atom. The second-order valence-electron chi connectivity index (χ2n) is 8.81. The first-order valence-corrected chi connectivity index (χ1v) is 12.5. The predicted molar refractivity (Wildman–Crippen MR) is 122 cm³/mol. The van der Waals surface area contributed by atoms with E-state index in [4.69, 9.17) is 9.47 Å². The molecule has 2 heterocycles. The molecule has 7 heteroatoms. The van der Waals surface area contributed by atoms with Gasteiger partial charge in [-0.25, -0.2) is 9.59 Å². The van der Waals surface area contributed by atoms with Gasteiger partial charge >= 0.3 is 12.1 Å². The molecule has 1 N–H and O–H groups in total. The van der Waals surface area contributed by atoms with Crippen LogP contribution in [0.1, 0.15) is 49.7 Å². The number of alkyl carbamates (subject to hydrolysis) is 1. The van der Waals surface area contributed by atoms with Gasteiger partial charge in [-0.15, -0.1) is 0 Å². The van der Waals surface area contributed by atoms with Crippen molar-refractivity contribution in [1.29, 1.82) is 0 Å². The van der Waals surface area contributed by atoms with E-state index in [1.165, 1.54) is 0 Å². The van der Waals surface area contributed by atoms with Crippen molar-refractivity contribution in [2.75, 3.05) is 13.2 Å². The van der Waals surface area contributed by atoms with Gasteiger partial charge in [-0.3, -0.25) is 4.21 Å². The quantitative estimate of drug-likeness (QED) is 0.695. The third-order valence-electron chi connectivity index (χ3n) is 6.97. The van der Waals surface area contributed by atoms with Crippen molar-refractivity contribution in [3.05, 3.63) is 59.7 Å². The van der Waals surface area contributed by atoms with E-state index >= 15 is 0 Å². The van der Waals surface area contributed by atoms with E-state index in [-0.39, 0.29) is 29.6 Å². The summed E-state index contributed by atoms with van der Waals surface area (Å²) in [7, 11) is -0.956. The standard InChI is InChI=1S/C25H27NO5S/c1-2-30-23(27)25(13-16-11-12-17(14-25)32(16)29)26-24(28)31-15-22-20-9-5-3-7-18(20)19-8-4-6-10-21(19)22/h3-10,16-17,22H,2,11-15H2,1H3,(H,26,28). The van der Waals surface area contributed by atoms with Crippen LogP contribution in [0.25, 0.3) is 11.1 Å². The number of rotatable bonds is 5. The molecule has 2 aliphatic heterocycles. The second kappa shape index (κ2) is 8.35. The topological polar surface area (TPSA) is 81.7 Å². The van der Waals surface area contributed by atoms with Gasteiger partial charge in [0.25, 0.3) is 0 Å². The molecule has 2 aromatic rings. The summed E-state index contributed by atoms with van der Waals surface area (Å²) in [5.74, 6) is -0.510. The number of ether oxygens (including phenoxy) is 2. The Balaban J connectivity index is 1.33. The Kier molecular flexibility index (Phi) is 5.53. The zero-order chi connectivity index (χ0) is 22.3. The molecule has 5 rings (SSSR count). The van der Waals surface area contributed by atoms with E-state index in [0.717, 1.165) is 35.1 Å². The van der Waals surface area contributed by atoms with Crippen molar-refractivity contribution in [2.45, 2.75) is 54.6 Å². The third kappa shape index (κ3) is 3.52. The number of hydrogen-bond acceptors (Lipinski definition) is 5. The number of benzene rings is 2. The number of carbonyl (C=O) groups excluding carboxylic acids is 2. The van der Waals surface area contributed by atoms with Crippen LogP contribution in [-0.2, 0) is 25.1 Å². The molecule has 2 atom stereocenters. The van der Waals surface area contributed by atoms with Crippen LogP contribution in [0.4, 0.5) is 4.79 Å². The lowest BCUT2D eigenvalue weighted by atomic mass is 9.89. The Morgan fingerprint density at radius 3 is 2.09 bits per heavy atom. The first kappa shape index (κ1) is 21.2. The van der Waals surface area contributed by atoms with Crippen molar-refractivity contribution >= 4 is 22.9 Å². The maximum atomic E-state index is 12.9. The highest BCUT2D eigenvalue weighted by atomic mass is 32.2. The van der Waals surface area contributed by atoms with Crippen LogP contribution in [0, 0.1) is 0 Å². The zero-order valence-electron chi connectivity index (χ0n) is 18.0. The van der Waals surface area contributed by atoms with Gasteiger partial charge in [0.1, 0.15) is 12.1 Å². The summed E-state index contributed by atoms with van der Waals surface area (Å²) in [4.78, 5) is 25.8. The fourth-order valence-corrected chi connectivity index (χ4v) is 7.70. The van der Waals surface area contributed by atoms with Crippen LogP contribution in [0.2, 0.25) is 0 Å². The van der Waals surface area contributed by atoms with Gasteiger partial charge in [0.2, 0.25) is 0 Å². The summed E-state index contributed by atoms with van der Waals surface area (Å²) in [6.07, 6.45) is 1.65. The Hall–Kier alpha value is -2.67. The molecule has 2 bridgehead atoms. The van der Waals surface area contributed by atoms with Gasteiger partial charge in [-0.1, -0.05) is 48.5 Å². The summed E-state index contributed by atoms with van der Waals surface area (Å²) < 4.78 is 23.5. The highest BCUT2D eigenvalue weighted by Gasteiger charge is 2.54. The summed E-state index contributed by atoms with van der Waals surface area (Å²) in [5, 5.41) is 2.66. The molecule has 1 amide bonds. The molecule has 2 fully saturated rings. The monoisotopic (exact) mass is 453 g/mol. The molecule has 2 aromatic carbocycles. The number of nitrogens with one attached hydrogen (secondary N) is 1. The van der Waals surface area contributed by atoms with Crippen molar-refractivity contribution in [2.24, 2.45) is 0 Å². The predicted octanol–water partition coefficient (Wildman–Crippen LogP) is 3.90. The number of carbonyl (C=O) groups is 2. The van der Waals surface area contributed by atoms with E-state index < -0.39 is 28.4 Å². The van der Waals surface area contributed by atoms with Crippen molar-refractivity contribution in [3.8, 4) is 11.1 Å². The van der Waals surface area contributed by atoms with E-state index in [0.29, 0.717) is 12.8 Å². The molecule has 0 spiro atoms. The molecule has 2 saturated heterocycles. The number of hydrogen-bond donors (Lipinski definition) is 1. The number of fused-ring (bicyclic) bond motifs is 5. The normalized spacial score (nSPS) is 28.0. The Labute approximate surface area is 190 Å². The minimum absolute atomic E-state index is 0.0540. The smallest absolute Gasteiger partial charge is 0.408 e. The Morgan fingerprint density at radius 2 is 1.53 bits per heavy atom. The minimum Gasteiger partial charge on any atom is -0.464 e. The van der Waals surface area contributed by atoms with Crippen LogP contribution >= 0.6 is 0 Å². The van der Waals surface area contributed by atoms with Gasteiger partial charge in [0, 0.05) is 27.2 Å².